The highest BCUT2D eigenvalue weighted by Gasteiger charge is 2.39. The van der Waals surface area contributed by atoms with Crippen molar-refractivity contribution in [2.75, 3.05) is 39.4 Å². The summed E-state index contributed by atoms with van der Waals surface area (Å²) in [6.07, 6.45) is 0.856. The summed E-state index contributed by atoms with van der Waals surface area (Å²) in [4.78, 5) is 33.8. The number of rotatable bonds is 7. The summed E-state index contributed by atoms with van der Waals surface area (Å²) in [5, 5.41) is 3.04. The molecule has 3 aliphatic heterocycles. The van der Waals surface area contributed by atoms with Crippen molar-refractivity contribution in [3.63, 3.8) is 0 Å². The summed E-state index contributed by atoms with van der Waals surface area (Å²) in [7, 11) is 0. The summed E-state index contributed by atoms with van der Waals surface area (Å²) in [5.41, 5.74) is 0.621. The molecule has 0 spiro atoms. The molecule has 3 aliphatic rings. The predicted octanol–water partition coefficient (Wildman–Crippen LogP) is 2.66. The van der Waals surface area contributed by atoms with Crippen molar-refractivity contribution in [2.24, 2.45) is 0 Å². The van der Waals surface area contributed by atoms with Crippen LogP contribution in [0, 0.1) is 0 Å². The maximum atomic E-state index is 13.2. The van der Waals surface area contributed by atoms with Crippen molar-refractivity contribution in [3.8, 4) is 0 Å². The summed E-state index contributed by atoms with van der Waals surface area (Å²) >= 11 is 0. The van der Waals surface area contributed by atoms with E-state index in [-0.39, 0.29) is 36.7 Å². The number of carbonyl (C=O) groups excluding carboxylic acids is 2. The van der Waals surface area contributed by atoms with Gasteiger partial charge >= 0.3 is 6.18 Å². The van der Waals surface area contributed by atoms with E-state index in [0.717, 1.165) is 30.5 Å². The lowest BCUT2D eigenvalue weighted by molar-refractivity contribution is -0.137. The van der Waals surface area contributed by atoms with Gasteiger partial charge in [0.05, 0.1) is 30.9 Å². The van der Waals surface area contributed by atoms with Gasteiger partial charge in [0.1, 0.15) is 0 Å². The van der Waals surface area contributed by atoms with Gasteiger partial charge in [0.25, 0.3) is 5.91 Å². The Hall–Kier alpha value is -3.02. The Morgan fingerprint density at radius 1 is 1.18 bits per heavy atom. The van der Waals surface area contributed by atoms with Crippen LogP contribution in [-0.4, -0.2) is 84.2 Å². The molecule has 2 amide bonds. The van der Waals surface area contributed by atoms with Crippen LogP contribution in [0.4, 0.5) is 13.2 Å². The van der Waals surface area contributed by atoms with E-state index >= 15 is 0 Å². The zero-order valence-corrected chi connectivity index (χ0v) is 21.0. The van der Waals surface area contributed by atoms with Gasteiger partial charge in [-0.25, -0.2) is 0 Å². The number of alkyl halides is 3. The van der Waals surface area contributed by atoms with Gasteiger partial charge in [-0.15, -0.1) is 0 Å². The highest BCUT2D eigenvalue weighted by Crippen LogP contribution is 2.32. The van der Waals surface area contributed by atoms with Crippen LogP contribution in [0.5, 0.6) is 0 Å². The number of nitrogens with zero attached hydrogens (tertiary/aromatic N) is 3. The molecule has 2 fully saturated rings. The highest BCUT2D eigenvalue weighted by molar-refractivity contribution is 5.99. The first-order chi connectivity index (χ1) is 18.3. The molecule has 38 heavy (non-hydrogen) atoms. The predicted molar refractivity (Wildman–Crippen MR) is 131 cm³/mol. The molecule has 2 aromatic rings. The fraction of sp³-hybridized carbons (Fsp3) is 0.519. The van der Waals surface area contributed by atoms with Gasteiger partial charge in [-0.2, -0.15) is 13.2 Å². The Morgan fingerprint density at radius 3 is 2.74 bits per heavy atom. The Morgan fingerprint density at radius 2 is 2.00 bits per heavy atom. The number of amides is 2. The third-order valence-corrected chi connectivity index (χ3v) is 7.48. The largest absolute Gasteiger partial charge is 0.416 e. The van der Waals surface area contributed by atoms with Crippen molar-refractivity contribution in [1.82, 2.24) is 20.1 Å². The van der Waals surface area contributed by atoms with Crippen LogP contribution < -0.4 is 5.32 Å². The lowest BCUT2D eigenvalue weighted by Crippen LogP contribution is -2.50. The van der Waals surface area contributed by atoms with E-state index in [0.29, 0.717) is 50.9 Å². The third kappa shape index (κ3) is 6.16. The van der Waals surface area contributed by atoms with Gasteiger partial charge in [-0.3, -0.25) is 19.5 Å². The third-order valence-electron chi connectivity index (χ3n) is 7.48. The van der Waals surface area contributed by atoms with Gasteiger partial charge in [0.2, 0.25) is 5.91 Å². The molecule has 204 valence electrons. The molecule has 0 radical (unpaired) electrons. The van der Waals surface area contributed by atoms with Gasteiger partial charge < -0.3 is 19.7 Å². The topological polar surface area (TPSA) is 84.0 Å². The fourth-order valence-electron chi connectivity index (χ4n) is 5.42. The van der Waals surface area contributed by atoms with Crippen LogP contribution in [0.1, 0.15) is 39.9 Å². The van der Waals surface area contributed by atoms with Crippen LogP contribution >= 0.6 is 0 Å². The number of likely N-dealkylation sites (tertiary alicyclic amines) is 1. The maximum absolute atomic E-state index is 13.2. The summed E-state index contributed by atoms with van der Waals surface area (Å²) in [6.45, 7) is 3.07. The number of carbonyl (C=O) groups is 2. The number of fused-ring (bicyclic) bond motifs is 1. The van der Waals surface area contributed by atoms with Crippen molar-refractivity contribution >= 4 is 11.8 Å². The number of hydrogen-bond acceptors (Lipinski definition) is 6. The molecule has 0 bridgehead atoms. The zero-order valence-electron chi connectivity index (χ0n) is 21.0. The second-order valence-corrected chi connectivity index (χ2v) is 10.0. The van der Waals surface area contributed by atoms with Crippen LogP contribution in [0.15, 0.2) is 42.7 Å². The highest BCUT2D eigenvalue weighted by atomic mass is 19.4. The summed E-state index contributed by atoms with van der Waals surface area (Å²) in [5.74, 6) is -0.922. The van der Waals surface area contributed by atoms with Crippen molar-refractivity contribution in [1.29, 1.82) is 0 Å². The van der Waals surface area contributed by atoms with Gasteiger partial charge in [-0.05, 0) is 48.6 Å². The van der Waals surface area contributed by atoms with E-state index in [1.165, 1.54) is 11.0 Å². The number of halogens is 3. The molecular weight excluding hydrogens is 501 g/mol. The minimum absolute atomic E-state index is 0.00288. The first-order valence-electron chi connectivity index (χ1n) is 12.9. The van der Waals surface area contributed by atoms with Crippen LogP contribution in [0.2, 0.25) is 0 Å². The standard InChI is InChI=1S/C27H31F3N4O4/c28-27(29,30)20-4-3-19-5-9-33(26(36)22(19)12-20)16-25(35)32-23-14-34(21-6-10-37-11-7-21)15-24(23)38-17-18-2-1-8-31-13-18/h1-4,8,12-13,21,23-24H,5-7,9-11,14-17H2,(H,32,35)/t23?,24-/m0/s1. The van der Waals surface area contributed by atoms with Crippen molar-refractivity contribution in [2.45, 2.75) is 50.2 Å². The lowest BCUT2D eigenvalue weighted by Gasteiger charge is -2.31. The first-order valence-corrected chi connectivity index (χ1v) is 12.9. The molecule has 1 aromatic carbocycles. The number of pyridine rings is 1. The van der Waals surface area contributed by atoms with E-state index in [9.17, 15) is 22.8 Å². The average Bonchev–Trinajstić information content (AvgIpc) is 3.32. The Kier molecular flexibility index (Phi) is 7.96. The second kappa shape index (κ2) is 11.4. The van der Waals surface area contributed by atoms with E-state index in [1.807, 2.05) is 12.1 Å². The molecular formula is C27H31F3N4O4. The molecule has 8 nitrogen and oxygen atoms in total. The molecule has 0 saturated carbocycles. The fourth-order valence-corrected chi connectivity index (χ4v) is 5.42. The normalized spacial score (nSPS) is 22.9. The van der Waals surface area contributed by atoms with Crippen LogP contribution in [0.3, 0.4) is 0 Å². The molecule has 1 N–H and O–H groups in total. The average molecular weight is 533 g/mol. The van der Waals surface area contributed by atoms with Gasteiger partial charge in [0, 0.05) is 56.8 Å². The van der Waals surface area contributed by atoms with Gasteiger partial charge in [-0.1, -0.05) is 12.1 Å². The van der Waals surface area contributed by atoms with E-state index in [2.05, 4.69) is 15.2 Å². The van der Waals surface area contributed by atoms with Crippen molar-refractivity contribution in [3.05, 3.63) is 65.0 Å². The van der Waals surface area contributed by atoms with Gasteiger partial charge in [0.15, 0.2) is 0 Å². The van der Waals surface area contributed by atoms with E-state index in [4.69, 9.17) is 9.47 Å². The molecule has 11 heteroatoms. The second-order valence-electron chi connectivity index (χ2n) is 10.0. The smallest absolute Gasteiger partial charge is 0.381 e. The molecule has 5 rings (SSSR count). The number of benzene rings is 1. The summed E-state index contributed by atoms with van der Waals surface area (Å²) < 4.78 is 51.2. The minimum atomic E-state index is -4.54. The number of nitrogens with one attached hydrogen (secondary N) is 1. The molecule has 1 unspecified atom stereocenters. The molecule has 0 aliphatic carbocycles. The Bertz CT molecular complexity index is 1140. The SMILES string of the molecule is O=C(CN1CCc2ccc(C(F)(F)F)cc2C1=O)NC1CN(C2CCOCC2)C[C@@H]1OCc1cccnc1. The molecule has 2 saturated heterocycles. The van der Waals surface area contributed by atoms with Crippen molar-refractivity contribution < 1.29 is 32.2 Å². The number of ether oxygens (including phenoxy) is 2. The van der Waals surface area contributed by atoms with E-state index < -0.39 is 17.6 Å². The Labute approximate surface area is 219 Å². The number of hydrogen-bond donors (Lipinski definition) is 1. The first kappa shape index (κ1) is 26.6. The Balaban J connectivity index is 1.23. The maximum Gasteiger partial charge on any atom is 0.416 e. The number of aromatic nitrogens is 1. The quantitative estimate of drug-likeness (QED) is 0.591. The van der Waals surface area contributed by atoms with Crippen LogP contribution in [-0.2, 0) is 33.5 Å². The molecule has 1 aromatic heterocycles. The minimum Gasteiger partial charge on any atom is -0.381 e. The summed E-state index contributed by atoms with van der Waals surface area (Å²) in [6, 6.07) is 7.05. The van der Waals surface area contributed by atoms with Crippen LogP contribution in [0.25, 0.3) is 0 Å². The monoisotopic (exact) mass is 532 g/mol. The van der Waals surface area contributed by atoms with E-state index in [1.54, 1.807) is 12.4 Å². The molecule has 2 atom stereocenters. The molecule has 4 heterocycles. The zero-order chi connectivity index (χ0) is 26.7. The lowest BCUT2D eigenvalue weighted by atomic mass is 9.96.